The van der Waals surface area contributed by atoms with Crippen molar-refractivity contribution in [2.45, 2.75) is 63.6 Å². The third-order valence-corrected chi connectivity index (χ3v) is 4.46. The highest BCUT2D eigenvalue weighted by Gasteiger charge is 2.49. The molecular formula is C15H27NO4. The largest absolute Gasteiger partial charge is 0.480 e. The molecule has 1 saturated carbocycles. The lowest BCUT2D eigenvalue weighted by atomic mass is 9.84. The maximum Gasteiger partial charge on any atom is 0.324 e. The summed E-state index contributed by atoms with van der Waals surface area (Å²) in [6.07, 6.45) is 4.63. The van der Waals surface area contributed by atoms with Gasteiger partial charge in [-0.05, 0) is 45.4 Å². The molecule has 0 amide bonds. The van der Waals surface area contributed by atoms with Gasteiger partial charge in [-0.25, -0.2) is 0 Å². The zero-order chi connectivity index (χ0) is 14.6. The predicted octanol–water partition coefficient (Wildman–Crippen LogP) is 1.80. The van der Waals surface area contributed by atoms with Crippen molar-refractivity contribution in [1.29, 1.82) is 0 Å². The number of hydrogen-bond donors (Lipinski definition) is 2. The monoisotopic (exact) mass is 285 g/mol. The third kappa shape index (κ3) is 3.51. The highest BCUT2D eigenvalue weighted by atomic mass is 16.5. The third-order valence-electron chi connectivity index (χ3n) is 4.46. The van der Waals surface area contributed by atoms with E-state index in [1.54, 1.807) is 0 Å². The van der Waals surface area contributed by atoms with E-state index in [1.807, 2.05) is 13.8 Å². The second-order valence-corrected chi connectivity index (χ2v) is 6.31. The Morgan fingerprint density at radius 3 is 2.90 bits per heavy atom. The van der Waals surface area contributed by atoms with E-state index < -0.39 is 11.5 Å². The van der Waals surface area contributed by atoms with Crippen molar-refractivity contribution >= 4 is 5.97 Å². The van der Waals surface area contributed by atoms with Gasteiger partial charge in [0.1, 0.15) is 5.54 Å². The van der Waals surface area contributed by atoms with Crippen molar-refractivity contribution < 1.29 is 19.4 Å². The summed E-state index contributed by atoms with van der Waals surface area (Å²) in [5.41, 5.74) is -0.760. The first-order valence-corrected chi connectivity index (χ1v) is 7.75. The molecule has 1 aliphatic heterocycles. The highest BCUT2D eigenvalue weighted by molar-refractivity contribution is 5.79. The Kier molecular flexibility index (Phi) is 5.41. The first kappa shape index (κ1) is 15.7. The quantitative estimate of drug-likeness (QED) is 0.746. The van der Waals surface area contributed by atoms with E-state index >= 15 is 0 Å². The fourth-order valence-electron chi connectivity index (χ4n) is 3.54. The average molecular weight is 285 g/mol. The summed E-state index contributed by atoms with van der Waals surface area (Å²) >= 11 is 0. The van der Waals surface area contributed by atoms with E-state index in [0.717, 1.165) is 38.7 Å². The van der Waals surface area contributed by atoms with Crippen LogP contribution in [0.25, 0.3) is 0 Å². The Hall–Kier alpha value is -0.650. The average Bonchev–Trinajstić information content (AvgIpc) is 2.99. The number of hydrogen-bond acceptors (Lipinski definition) is 4. The van der Waals surface area contributed by atoms with Crippen LogP contribution in [0.4, 0.5) is 0 Å². The first-order chi connectivity index (χ1) is 9.54. The standard InChI is InChI=1S/C15H27NO4/c1-11(2)16-15(14(17)18)7-3-4-12(15)5-9-20-13-6-8-19-10-13/h11-13,16H,3-10H2,1-2H3,(H,17,18). The van der Waals surface area contributed by atoms with E-state index in [0.29, 0.717) is 13.2 Å². The maximum atomic E-state index is 11.8. The van der Waals surface area contributed by atoms with Gasteiger partial charge in [0, 0.05) is 19.3 Å². The fraction of sp³-hybridized carbons (Fsp3) is 0.933. The molecule has 3 unspecified atom stereocenters. The van der Waals surface area contributed by atoms with Gasteiger partial charge >= 0.3 is 5.97 Å². The van der Waals surface area contributed by atoms with Crippen molar-refractivity contribution in [1.82, 2.24) is 5.32 Å². The molecule has 0 spiro atoms. The summed E-state index contributed by atoms with van der Waals surface area (Å²) in [4.78, 5) is 11.8. The van der Waals surface area contributed by atoms with Gasteiger partial charge in [0.15, 0.2) is 0 Å². The van der Waals surface area contributed by atoms with Crippen molar-refractivity contribution in [3.05, 3.63) is 0 Å². The molecule has 5 heteroatoms. The van der Waals surface area contributed by atoms with Crippen LogP contribution < -0.4 is 5.32 Å². The van der Waals surface area contributed by atoms with Crippen LogP contribution in [0.1, 0.15) is 46.0 Å². The summed E-state index contributed by atoms with van der Waals surface area (Å²) in [7, 11) is 0. The van der Waals surface area contributed by atoms with Crippen LogP contribution in [0, 0.1) is 5.92 Å². The van der Waals surface area contributed by atoms with Gasteiger partial charge < -0.3 is 14.6 Å². The second-order valence-electron chi connectivity index (χ2n) is 6.31. The minimum Gasteiger partial charge on any atom is -0.480 e. The van der Waals surface area contributed by atoms with E-state index in [9.17, 15) is 9.90 Å². The van der Waals surface area contributed by atoms with E-state index in [2.05, 4.69) is 5.32 Å². The Morgan fingerprint density at radius 2 is 2.30 bits per heavy atom. The van der Waals surface area contributed by atoms with Crippen LogP contribution >= 0.6 is 0 Å². The lowest BCUT2D eigenvalue weighted by Gasteiger charge is -2.34. The first-order valence-electron chi connectivity index (χ1n) is 7.75. The molecule has 2 aliphatic rings. The maximum absolute atomic E-state index is 11.8. The van der Waals surface area contributed by atoms with Gasteiger partial charge in [0.2, 0.25) is 0 Å². The fourth-order valence-corrected chi connectivity index (χ4v) is 3.54. The van der Waals surface area contributed by atoms with Gasteiger partial charge in [-0.1, -0.05) is 6.42 Å². The van der Waals surface area contributed by atoms with Crippen molar-refractivity contribution in [2.24, 2.45) is 5.92 Å². The second kappa shape index (κ2) is 6.87. The number of carboxylic acids is 1. The molecule has 3 atom stereocenters. The summed E-state index contributed by atoms with van der Waals surface area (Å²) in [5, 5.41) is 13.0. The molecule has 1 aliphatic carbocycles. The van der Waals surface area contributed by atoms with Crippen molar-refractivity contribution in [3.8, 4) is 0 Å². The number of aliphatic carboxylic acids is 1. The molecule has 0 radical (unpaired) electrons. The van der Waals surface area contributed by atoms with E-state index in [1.165, 1.54) is 0 Å². The molecular weight excluding hydrogens is 258 g/mol. The van der Waals surface area contributed by atoms with Gasteiger partial charge in [-0.15, -0.1) is 0 Å². The molecule has 2 fully saturated rings. The number of ether oxygens (including phenoxy) is 2. The van der Waals surface area contributed by atoms with Crippen LogP contribution in [-0.2, 0) is 14.3 Å². The molecule has 2 rings (SSSR count). The lowest BCUT2D eigenvalue weighted by Crippen LogP contribution is -2.57. The van der Waals surface area contributed by atoms with E-state index in [-0.39, 0.29) is 18.1 Å². The van der Waals surface area contributed by atoms with Crippen LogP contribution in [0.5, 0.6) is 0 Å². The molecule has 1 saturated heterocycles. The summed E-state index contributed by atoms with van der Waals surface area (Å²) in [5.74, 6) is -0.553. The Morgan fingerprint density at radius 1 is 1.50 bits per heavy atom. The molecule has 20 heavy (non-hydrogen) atoms. The van der Waals surface area contributed by atoms with Crippen LogP contribution in [0.2, 0.25) is 0 Å². The summed E-state index contributed by atoms with van der Waals surface area (Å²) in [6, 6.07) is 0.177. The molecule has 116 valence electrons. The van der Waals surface area contributed by atoms with Crippen LogP contribution in [0.3, 0.4) is 0 Å². The Labute approximate surface area is 121 Å². The Balaban J connectivity index is 1.88. The minimum absolute atomic E-state index is 0.157. The van der Waals surface area contributed by atoms with Gasteiger partial charge in [-0.2, -0.15) is 0 Å². The molecule has 0 aromatic carbocycles. The molecule has 2 N–H and O–H groups in total. The Bertz CT molecular complexity index is 328. The van der Waals surface area contributed by atoms with Gasteiger partial charge in [0.25, 0.3) is 0 Å². The number of carboxylic acid groups (broad SMARTS) is 1. The number of rotatable bonds is 7. The molecule has 1 heterocycles. The van der Waals surface area contributed by atoms with Crippen LogP contribution in [-0.4, -0.2) is 48.6 Å². The zero-order valence-electron chi connectivity index (χ0n) is 12.6. The predicted molar refractivity (Wildman–Crippen MR) is 75.8 cm³/mol. The molecule has 0 aromatic heterocycles. The van der Waals surface area contributed by atoms with Gasteiger partial charge in [-0.3, -0.25) is 10.1 Å². The summed E-state index contributed by atoms with van der Waals surface area (Å²) < 4.78 is 11.1. The van der Waals surface area contributed by atoms with Gasteiger partial charge in [0.05, 0.1) is 12.7 Å². The minimum atomic E-state index is -0.760. The summed E-state index contributed by atoms with van der Waals surface area (Å²) in [6.45, 7) is 6.10. The zero-order valence-corrected chi connectivity index (χ0v) is 12.6. The number of carbonyl (C=O) groups is 1. The SMILES string of the molecule is CC(C)NC1(C(=O)O)CCCC1CCOC1CCOC1. The molecule has 5 nitrogen and oxygen atoms in total. The van der Waals surface area contributed by atoms with Crippen LogP contribution in [0.15, 0.2) is 0 Å². The van der Waals surface area contributed by atoms with Crippen molar-refractivity contribution in [2.75, 3.05) is 19.8 Å². The normalized spacial score (nSPS) is 34.0. The smallest absolute Gasteiger partial charge is 0.324 e. The topological polar surface area (TPSA) is 67.8 Å². The lowest BCUT2D eigenvalue weighted by molar-refractivity contribution is -0.147. The highest BCUT2D eigenvalue weighted by Crippen LogP contribution is 2.38. The van der Waals surface area contributed by atoms with E-state index in [4.69, 9.17) is 9.47 Å². The number of nitrogens with one attached hydrogen (secondary N) is 1. The van der Waals surface area contributed by atoms with Crippen molar-refractivity contribution in [3.63, 3.8) is 0 Å². The molecule has 0 aromatic rings. The molecule has 0 bridgehead atoms.